The van der Waals surface area contributed by atoms with Gasteiger partial charge in [0.1, 0.15) is 40.4 Å². The molecular weight excluding hydrogens is 607 g/mol. The number of amides is 1. The van der Waals surface area contributed by atoms with E-state index in [1.54, 1.807) is 72.4 Å². The van der Waals surface area contributed by atoms with Crippen molar-refractivity contribution < 1.29 is 29.0 Å². The quantitative estimate of drug-likeness (QED) is 0.142. The number of carbonyl (C=O) groups is 3. The maximum absolute atomic E-state index is 14.5. The number of hydrogen-bond donors (Lipinski definition) is 5. The predicted molar refractivity (Wildman–Crippen MR) is 170 cm³/mol. The third kappa shape index (κ3) is 5.79. The number of nitrogens with one attached hydrogen (secondary N) is 1. The monoisotopic (exact) mass is 638 g/mol. The molecule has 0 aliphatic carbocycles. The van der Waals surface area contributed by atoms with E-state index in [1.165, 1.54) is 6.07 Å². The van der Waals surface area contributed by atoms with Gasteiger partial charge in [0.2, 0.25) is 5.91 Å². The number of aromatic nitrogens is 5. The highest BCUT2D eigenvalue weighted by Gasteiger charge is 2.47. The van der Waals surface area contributed by atoms with E-state index in [0.29, 0.717) is 39.8 Å². The molecule has 1 aliphatic heterocycles. The number of aliphatic hydroxyl groups is 1. The third-order valence-electron chi connectivity index (χ3n) is 8.48. The van der Waals surface area contributed by atoms with Crippen molar-refractivity contribution in [2.75, 3.05) is 11.1 Å². The van der Waals surface area contributed by atoms with E-state index in [2.05, 4.69) is 25.4 Å². The number of rotatable bonds is 11. The van der Waals surface area contributed by atoms with E-state index in [0.717, 1.165) is 5.56 Å². The Morgan fingerprint density at radius 3 is 2.55 bits per heavy atom. The molecule has 47 heavy (non-hydrogen) atoms. The minimum atomic E-state index is -1.54. The van der Waals surface area contributed by atoms with E-state index in [9.17, 15) is 23.9 Å². The first-order chi connectivity index (χ1) is 22.5. The first kappa shape index (κ1) is 31.4. The molecule has 14 heteroatoms. The van der Waals surface area contributed by atoms with Crippen LogP contribution in [0, 0.1) is 5.82 Å². The number of aliphatic hydroxyl groups excluding tert-OH is 1. The van der Waals surface area contributed by atoms with Gasteiger partial charge in [-0.05, 0) is 42.7 Å². The Kier molecular flexibility index (Phi) is 8.21. The molecule has 2 aromatic carbocycles. The summed E-state index contributed by atoms with van der Waals surface area (Å²) < 4.78 is 16.0. The fraction of sp³-hybridized carbons (Fsp3) is 0.242. The predicted octanol–water partition coefficient (Wildman–Crippen LogP) is 2.58. The number of anilines is 2. The number of nitrogen functional groups attached to an aromatic ring is 1. The first-order valence-corrected chi connectivity index (χ1v) is 14.8. The second kappa shape index (κ2) is 12.3. The first-order valence-electron chi connectivity index (χ1n) is 14.8. The number of nitrogens with zero attached hydrogens (tertiary/aromatic N) is 5. The Morgan fingerprint density at radius 2 is 1.83 bits per heavy atom. The van der Waals surface area contributed by atoms with Crippen molar-refractivity contribution in [3.63, 3.8) is 0 Å². The number of carboxylic acids is 1. The smallest absolute Gasteiger partial charge is 0.323 e. The number of fused-ring (bicyclic) bond motifs is 2. The van der Waals surface area contributed by atoms with Gasteiger partial charge >= 0.3 is 5.97 Å². The molecule has 13 nitrogen and oxygen atoms in total. The number of carbonyl (C=O) groups excluding carboxylic acids is 2. The molecule has 0 bridgehead atoms. The van der Waals surface area contributed by atoms with Crippen molar-refractivity contribution in [1.82, 2.24) is 24.7 Å². The zero-order valence-corrected chi connectivity index (χ0v) is 25.2. The number of halogens is 1. The lowest BCUT2D eigenvalue weighted by Gasteiger charge is -2.23. The second-order valence-electron chi connectivity index (χ2n) is 11.6. The summed E-state index contributed by atoms with van der Waals surface area (Å²) >= 11 is 0. The maximum atomic E-state index is 14.5. The number of aliphatic carboxylic acids is 1. The van der Waals surface area contributed by atoms with Crippen LogP contribution in [0.4, 0.5) is 16.0 Å². The van der Waals surface area contributed by atoms with Crippen LogP contribution in [-0.4, -0.2) is 64.8 Å². The number of hydrogen-bond acceptors (Lipinski definition) is 10. The average Bonchev–Trinajstić information content (AvgIpc) is 3.55. The van der Waals surface area contributed by atoms with Gasteiger partial charge in [-0.15, -0.1) is 0 Å². The van der Waals surface area contributed by atoms with Crippen LogP contribution in [0.2, 0.25) is 0 Å². The number of pyridine rings is 1. The molecule has 1 unspecified atom stereocenters. The number of ketones is 1. The summed E-state index contributed by atoms with van der Waals surface area (Å²) in [4.78, 5) is 50.4. The Balaban J connectivity index is 1.25. The van der Waals surface area contributed by atoms with Crippen LogP contribution in [0.3, 0.4) is 0 Å². The molecule has 5 aromatic rings. The lowest BCUT2D eigenvalue weighted by molar-refractivity contribution is -0.141. The van der Waals surface area contributed by atoms with E-state index in [-0.39, 0.29) is 54.4 Å². The number of carboxylic acid groups (broad SMARTS) is 1. The number of nitrogens with two attached hydrogens (primary N) is 2. The van der Waals surface area contributed by atoms with E-state index in [4.69, 9.17) is 16.6 Å². The lowest BCUT2D eigenvalue weighted by atomic mass is 9.77. The standard InChI is InChI=1S/C33H31FN8O5/c1-33(19-11-8-17(9-12-19)10-13-20(43)15-23(44)25(35)31(45)46)24-27(36)38-29(39-28(24)40-32(33)47)26-21-6-4-14-37-30(21)42(41-26)16-18-5-2-3-7-22(18)34/h2-9,11-12,14,23,25,44H,10,13,15-16,35H2,1H3,(H,45,46)(H3,36,38,39,40,47)/t23-,25+,33?/m0/s1. The molecule has 3 atom stereocenters. The number of Topliss-reactive ketones (excluding diaryl/α,β-unsaturated/α-hetero) is 1. The van der Waals surface area contributed by atoms with Crippen LogP contribution >= 0.6 is 0 Å². The normalized spacial score (nSPS) is 16.9. The molecule has 7 N–H and O–H groups in total. The van der Waals surface area contributed by atoms with Crippen molar-refractivity contribution in [3.8, 4) is 11.5 Å². The van der Waals surface area contributed by atoms with Crippen molar-refractivity contribution in [2.24, 2.45) is 5.73 Å². The van der Waals surface area contributed by atoms with Crippen molar-refractivity contribution in [1.29, 1.82) is 0 Å². The minimum absolute atomic E-state index is 0.0765. The lowest BCUT2D eigenvalue weighted by Crippen LogP contribution is -2.42. The van der Waals surface area contributed by atoms with Gasteiger partial charge in [0.25, 0.3) is 0 Å². The molecule has 1 aliphatic rings. The largest absolute Gasteiger partial charge is 0.480 e. The number of benzene rings is 2. The Hall–Kier alpha value is -5.60. The highest BCUT2D eigenvalue weighted by atomic mass is 19.1. The van der Waals surface area contributed by atoms with Crippen molar-refractivity contribution in [3.05, 3.63) is 94.9 Å². The summed E-state index contributed by atoms with van der Waals surface area (Å²) in [6, 6.07) is 15.5. The zero-order chi connectivity index (χ0) is 33.5. The van der Waals surface area contributed by atoms with Gasteiger partial charge in [0, 0.05) is 24.6 Å². The molecule has 0 fully saturated rings. The van der Waals surface area contributed by atoms with Gasteiger partial charge in [0.15, 0.2) is 11.5 Å². The van der Waals surface area contributed by atoms with Crippen molar-refractivity contribution in [2.45, 2.75) is 50.3 Å². The fourth-order valence-electron chi connectivity index (χ4n) is 5.78. The summed E-state index contributed by atoms with van der Waals surface area (Å²) in [5, 5.41) is 26.9. The van der Waals surface area contributed by atoms with Crippen LogP contribution in [-0.2, 0) is 32.8 Å². The van der Waals surface area contributed by atoms with Crippen LogP contribution in [0.15, 0.2) is 66.9 Å². The SMILES string of the molecule is CC1(c2ccc(CCC(=O)C[C@H](O)[C@@H](N)C(=O)O)cc2)C(=O)Nc2nc(-c3nn(Cc4ccccc4F)c4ncccc34)nc(N)c21. The number of aryl methyl sites for hydroxylation is 1. The Morgan fingerprint density at radius 1 is 1.09 bits per heavy atom. The molecular formula is C33H31FN8O5. The molecule has 0 saturated carbocycles. The summed E-state index contributed by atoms with van der Waals surface area (Å²) in [5.41, 5.74) is 13.8. The van der Waals surface area contributed by atoms with Gasteiger partial charge in [0.05, 0.1) is 23.6 Å². The Labute approximate surface area is 267 Å². The van der Waals surface area contributed by atoms with Crippen LogP contribution < -0.4 is 16.8 Å². The zero-order valence-electron chi connectivity index (χ0n) is 25.2. The molecule has 4 heterocycles. The minimum Gasteiger partial charge on any atom is -0.480 e. The molecule has 3 aromatic heterocycles. The molecule has 0 radical (unpaired) electrons. The highest BCUT2D eigenvalue weighted by Crippen LogP contribution is 2.45. The van der Waals surface area contributed by atoms with Gasteiger partial charge < -0.3 is 27.0 Å². The molecule has 0 spiro atoms. The van der Waals surface area contributed by atoms with Gasteiger partial charge in [-0.25, -0.2) is 24.0 Å². The second-order valence-corrected chi connectivity index (χ2v) is 11.6. The molecule has 1 amide bonds. The molecule has 6 rings (SSSR count). The molecule has 240 valence electrons. The van der Waals surface area contributed by atoms with Crippen LogP contribution in [0.1, 0.15) is 42.0 Å². The topological polar surface area (TPSA) is 212 Å². The Bertz CT molecular complexity index is 2030. The van der Waals surface area contributed by atoms with Crippen LogP contribution in [0.5, 0.6) is 0 Å². The summed E-state index contributed by atoms with van der Waals surface area (Å²) in [6.45, 7) is 1.85. The highest BCUT2D eigenvalue weighted by molar-refractivity contribution is 6.09. The summed E-state index contributed by atoms with van der Waals surface area (Å²) in [7, 11) is 0. The fourth-order valence-corrected chi connectivity index (χ4v) is 5.78. The average molecular weight is 639 g/mol. The summed E-state index contributed by atoms with van der Waals surface area (Å²) in [6.07, 6.45) is 0.199. The van der Waals surface area contributed by atoms with Gasteiger partial charge in [-0.1, -0.05) is 42.5 Å². The van der Waals surface area contributed by atoms with E-state index < -0.39 is 23.5 Å². The van der Waals surface area contributed by atoms with Gasteiger partial charge in [-0.3, -0.25) is 14.4 Å². The van der Waals surface area contributed by atoms with Crippen LogP contribution in [0.25, 0.3) is 22.6 Å². The van der Waals surface area contributed by atoms with Gasteiger partial charge in [-0.2, -0.15) is 5.10 Å². The maximum Gasteiger partial charge on any atom is 0.323 e. The van der Waals surface area contributed by atoms with E-state index >= 15 is 0 Å². The van der Waals surface area contributed by atoms with E-state index in [1.807, 2.05) is 0 Å². The molecule has 0 saturated heterocycles. The third-order valence-corrected chi connectivity index (χ3v) is 8.48. The van der Waals surface area contributed by atoms with Crippen molar-refractivity contribution >= 4 is 40.3 Å². The summed E-state index contributed by atoms with van der Waals surface area (Å²) in [5.74, 6) is -1.93.